The Morgan fingerprint density at radius 3 is 3.00 bits per heavy atom. The summed E-state index contributed by atoms with van der Waals surface area (Å²) in [6.45, 7) is 2.25. The van der Waals surface area contributed by atoms with Gasteiger partial charge in [-0.15, -0.1) is 0 Å². The Bertz CT molecular complexity index is 103. The first kappa shape index (κ1) is 7.84. The van der Waals surface area contributed by atoms with Crippen LogP contribution in [-0.4, -0.2) is 0 Å². The first-order chi connectivity index (χ1) is 4.93. The van der Waals surface area contributed by atoms with Gasteiger partial charge in [0, 0.05) is 0 Å². The summed E-state index contributed by atoms with van der Waals surface area (Å²) >= 11 is 0. The topological polar surface area (TPSA) is 0 Å². The van der Waals surface area contributed by atoms with Crippen LogP contribution in [0.5, 0.6) is 0 Å². The van der Waals surface area contributed by atoms with E-state index in [4.69, 9.17) is 0 Å². The van der Waals surface area contributed by atoms with E-state index in [1.807, 2.05) is 0 Å². The molecule has 0 aromatic rings. The molecular formula is C10H17. The third-order valence-electron chi connectivity index (χ3n) is 2.10. The van der Waals surface area contributed by atoms with Crippen LogP contribution in [-0.2, 0) is 0 Å². The average Bonchev–Trinajstić information content (AvgIpc) is 2.03. The Balaban J connectivity index is 2.10. The second-order valence-electron chi connectivity index (χ2n) is 3.07. The molecule has 10 heavy (non-hydrogen) atoms. The summed E-state index contributed by atoms with van der Waals surface area (Å²) in [5.41, 5.74) is 0. The molecule has 1 unspecified atom stereocenters. The Labute approximate surface area is 64.3 Å². The first-order valence-corrected chi connectivity index (χ1v) is 4.42. The van der Waals surface area contributed by atoms with Crippen molar-refractivity contribution >= 4 is 0 Å². The number of hydrogen-bond donors (Lipinski definition) is 0. The largest absolute Gasteiger partial charge is 0.0885 e. The lowest BCUT2D eigenvalue weighted by Gasteiger charge is -2.16. The van der Waals surface area contributed by atoms with Gasteiger partial charge in [0.05, 0.1) is 0 Å². The minimum Gasteiger partial charge on any atom is -0.0885 e. The molecule has 0 N–H and O–H groups in total. The van der Waals surface area contributed by atoms with Crippen molar-refractivity contribution in [3.63, 3.8) is 0 Å². The third-order valence-corrected chi connectivity index (χ3v) is 2.10. The molecular weight excluding hydrogens is 120 g/mol. The maximum absolute atomic E-state index is 2.49. The summed E-state index contributed by atoms with van der Waals surface area (Å²) in [4.78, 5) is 0. The maximum Gasteiger partial charge on any atom is -0.0319 e. The van der Waals surface area contributed by atoms with Gasteiger partial charge in [-0.2, -0.15) is 0 Å². The van der Waals surface area contributed by atoms with Gasteiger partial charge in [-0.25, -0.2) is 0 Å². The van der Waals surface area contributed by atoms with Gasteiger partial charge >= 0.3 is 0 Å². The van der Waals surface area contributed by atoms with Crippen molar-refractivity contribution in [3.05, 3.63) is 18.6 Å². The quantitative estimate of drug-likeness (QED) is 0.523. The molecule has 1 atom stereocenters. The lowest BCUT2D eigenvalue weighted by molar-refractivity contribution is 0.524. The second kappa shape index (κ2) is 4.54. The zero-order valence-electron chi connectivity index (χ0n) is 6.84. The molecule has 0 aromatic heterocycles. The molecule has 1 radical (unpaired) electrons. The van der Waals surface area contributed by atoms with E-state index in [0.717, 1.165) is 5.92 Å². The van der Waals surface area contributed by atoms with Gasteiger partial charge in [-0.1, -0.05) is 31.9 Å². The highest BCUT2D eigenvalue weighted by Gasteiger charge is 2.07. The number of allylic oxidation sites excluding steroid dienone is 2. The molecule has 0 fully saturated rings. The minimum atomic E-state index is 0.893. The van der Waals surface area contributed by atoms with E-state index in [2.05, 4.69) is 25.5 Å². The summed E-state index contributed by atoms with van der Waals surface area (Å²) in [7, 11) is 0. The average molecular weight is 137 g/mol. The fraction of sp³-hybridized carbons (Fsp3) is 0.700. The maximum atomic E-state index is 2.49. The summed E-state index contributed by atoms with van der Waals surface area (Å²) in [5, 5.41) is 0. The van der Waals surface area contributed by atoms with Gasteiger partial charge < -0.3 is 0 Å². The lowest BCUT2D eigenvalue weighted by atomic mass is 9.90. The molecule has 0 amide bonds. The Morgan fingerprint density at radius 1 is 1.50 bits per heavy atom. The normalized spacial score (nSPS) is 25.1. The van der Waals surface area contributed by atoms with E-state index in [1.54, 1.807) is 0 Å². The van der Waals surface area contributed by atoms with Gasteiger partial charge in [0.1, 0.15) is 0 Å². The van der Waals surface area contributed by atoms with Crippen LogP contribution in [0.3, 0.4) is 0 Å². The van der Waals surface area contributed by atoms with Gasteiger partial charge in [0.2, 0.25) is 0 Å². The summed E-state index contributed by atoms with van der Waals surface area (Å²) < 4.78 is 0. The molecule has 0 saturated carbocycles. The van der Waals surface area contributed by atoms with Crippen LogP contribution in [0, 0.1) is 12.3 Å². The molecule has 0 heterocycles. The molecule has 1 aliphatic rings. The van der Waals surface area contributed by atoms with Crippen molar-refractivity contribution in [3.8, 4) is 0 Å². The van der Waals surface area contributed by atoms with Crippen LogP contribution in [0.25, 0.3) is 0 Å². The Kier molecular flexibility index (Phi) is 3.56. The molecule has 57 valence electrons. The standard InChI is InChI=1S/C10H17/c1-2-3-7-10-8-5-4-6-9-10/h4-5,7,10H,2-3,6,8-9H2,1H3. The van der Waals surface area contributed by atoms with Crippen molar-refractivity contribution in [1.82, 2.24) is 0 Å². The van der Waals surface area contributed by atoms with E-state index >= 15 is 0 Å². The highest BCUT2D eigenvalue weighted by molar-refractivity contribution is 4.94. The molecule has 0 spiro atoms. The SMILES string of the molecule is CCC[CH]C1CC=CCC1. The highest BCUT2D eigenvalue weighted by Crippen LogP contribution is 2.22. The number of hydrogen-bond acceptors (Lipinski definition) is 0. The molecule has 0 saturated heterocycles. The molecule has 0 nitrogen and oxygen atoms in total. The molecule has 1 aliphatic carbocycles. The van der Waals surface area contributed by atoms with Crippen molar-refractivity contribution in [2.24, 2.45) is 5.92 Å². The summed E-state index contributed by atoms with van der Waals surface area (Å²) in [5.74, 6) is 0.893. The number of rotatable bonds is 3. The van der Waals surface area contributed by atoms with Crippen LogP contribution in [0.15, 0.2) is 12.2 Å². The van der Waals surface area contributed by atoms with E-state index in [0.29, 0.717) is 0 Å². The molecule has 1 rings (SSSR count). The van der Waals surface area contributed by atoms with Crippen LogP contribution >= 0.6 is 0 Å². The van der Waals surface area contributed by atoms with E-state index < -0.39 is 0 Å². The van der Waals surface area contributed by atoms with Crippen molar-refractivity contribution < 1.29 is 0 Å². The minimum absolute atomic E-state index is 0.893. The fourth-order valence-corrected chi connectivity index (χ4v) is 1.43. The highest BCUT2D eigenvalue weighted by atomic mass is 14.1. The molecule has 0 aromatic carbocycles. The second-order valence-corrected chi connectivity index (χ2v) is 3.07. The predicted octanol–water partition coefficient (Wildman–Crippen LogP) is 3.35. The molecule has 0 bridgehead atoms. The predicted molar refractivity (Wildman–Crippen MR) is 45.7 cm³/mol. The Morgan fingerprint density at radius 2 is 2.40 bits per heavy atom. The Hall–Kier alpha value is -0.260. The molecule has 0 aliphatic heterocycles. The molecule has 0 heteroatoms. The van der Waals surface area contributed by atoms with Crippen molar-refractivity contribution in [2.45, 2.75) is 39.0 Å². The van der Waals surface area contributed by atoms with Gasteiger partial charge in [-0.05, 0) is 31.6 Å². The van der Waals surface area contributed by atoms with Gasteiger partial charge in [0.25, 0.3) is 0 Å². The van der Waals surface area contributed by atoms with E-state index in [9.17, 15) is 0 Å². The van der Waals surface area contributed by atoms with Crippen LogP contribution in [0.1, 0.15) is 39.0 Å². The van der Waals surface area contributed by atoms with Crippen LogP contribution in [0.2, 0.25) is 0 Å². The van der Waals surface area contributed by atoms with Crippen LogP contribution in [0.4, 0.5) is 0 Å². The fourth-order valence-electron chi connectivity index (χ4n) is 1.43. The van der Waals surface area contributed by atoms with Crippen molar-refractivity contribution in [2.75, 3.05) is 0 Å². The van der Waals surface area contributed by atoms with Crippen molar-refractivity contribution in [1.29, 1.82) is 0 Å². The van der Waals surface area contributed by atoms with Crippen LogP contribution < -0.4 is 0 Å². The van der Waals surface area contributed by atoms with E-state index in [-0.39, 0.29) is 0 Å². The van der Waals surface area contributed by atoms with Gasteiger partial charge in [0.15, 0.2) is 0 Å². The monoisotopic (exact) mass is 137 g/mol. The zero-order chi connectivity index (χ0) is 7.23. The smallest absolute Gasteiger partial charge is 0.0319 e. The summed E-state index contributed by atoms with van der Waals surface area (Å²) in [6, 6.07) is 0. The summed E-state index contributed by atoms with van der Waals surface area (Å²) in [6.07, 6.45) is 13.7. The zero-order valence-corrected chi connectivity index (χ0v) is 6.84. The number of unbranched alkanes of at least 4 members (excludes halogenated alkanes) is 1. The van der Waals surface area contributed by atoms with Gasteiger partial charge in [-0.3, -0.25) is 0 Å². The lowest BCUT2D eigenvalue weighted by Crippen LogP contribution is -2.02. The first-order valence-electron chi connectivity index (χ1n) is 4.42. The third kappa shape index (κ3) is 2.55. The van der Waals surface area contributed by atoms with E-state index in [1.165, 1.54) is 32.1 Å².